The molecular formula is C21H23FIN3O3. The second-order valence-corrected chi connectivity index (χ2v) is 8.29. The van der Waals surface area contributed by atoms with Gasteiger partial charge in [-0.15, -0.1) is 0 Å². The van der Waals surface area contributed by atoms with E-state index in [-0.39, 0.29) is 23.5 Å². The van der Waals surface area contributed by atoms with E-state index in [0.717, 1.165) is 24.8 Å². The summed E-state index contributed by atoms with van der Waals surface area (Å²) in [5.41, 5.74) is 1.51. The Kier molecular flexibility index (Phi) is 7.05. The SMILES string of the molecule is COc1nc(NC(C)=O)c(I)cc1C(=O)N1CCC(Cc2ccc(F)cc2)CC1. The molecule has 8 heteroatoms. The lowest BCUT2D eigenvalue weighted by Crippen LogP contribution is -2.39. The van der Waals surface area contributed by atoms with Crippen LogP contribution >= 0.6 is 22.6 Å². The monoisotopic (exact) mass is 511 g/mol. The van der Waals surface area contributed by atoms with Crippen LogP contribution in [0.3, 0.4) is 0 Å². The molecule has 1 saturated heterocycles. The highest BCUT2D eigenvalue weighted by molar-refractivity contribution is 14.1. The Morgan fingerprint density at radius 2 is 1.93 bits per heavy atom. The first kappa shape index (κ1) is 21.5. The van der Waals surface area contributed by atoms with Crippen LogP contribution in [-0.2, 0) is 11.2 Å². The third-order valence-corrected chi connectivity index (χ3v) is 5.82. The van der Waals surface area contributed by atoms with E-state index < -0.39 is 0 Å². The highest BCUT2D eigenvalue weighted by atomic mass is 127. The number of nitrogens with zero attached hydrogens (tertiary/aromatic N) is 2. The molecule has 0 saturated carbocycles. The van der Waals surface area contributed by atoms with Crippen LogP contribution in [0.15, 0.2) is 30.3 Å². The maximum atomic E-state index is 13.1. The summed E-state index contributed by atoms with van der Waals surface area (Å²) < 4.78 is 19.0. The Morgan fingerprint density at radius 3 is 2.52 bits per heavy atom. The number of carbonyl (C=O) groups is 2. The molecule has 0 bridgehead atoms. The smallest absolute Gasteiger partial charge is 0.259 e. The number of amides is 2. The summed E-state index contributed by atoms with van der Waals surface area (Å²) in [5, 5.41) is 2.64. The highest BCUT2D eigenvalue weighted by Gasteiger charge is 2.27. The summed E-state index contributed by atoms with van der Waals surface area (Å²) in [7, 11) is 1.46. The molecule has 0 atom stereocenters. The molecule has 1 aliphatic heterocycles. The van der Waals surface area contributed by atoms with Gasteiger partial charge in [-0.3, -0.25) is 9.59 Å². The van der Waals surface area contributed by atoms with Gasteiger partial charge in [0.2, 0.25) is 11.8 Å². The van der Waals surface area contributed by atoms with Gasteiger partial charge in [0.05, 0.1) is 10.7 Å². The van der Waals surface area contributed by atoms with Gasteiger partial charge in [0, 0.05) is 20.0 Å². The van der Waals surface area contributed by atoms with Gasteiger partial charge in [-0.05, 0) is 71.5 Å². The Labute approximate surface area is 183 Å². The van der Waals surface area contributed by atoms with Crippen LogP contribution in [0.4, 0.5) is 10.2 Å². The standard InChI is InChI=1S/C21H23FIN3O3/c1-13(27)24-19-18(23)12-17(20(25-19)29-2)21(28)26-9-7-15(8-10-26)11-14-3-5-16(22)6-4-14/h3-6,12,15H,7-11H2,1-2H3,(H,24,25,27). The number of ether oxygens (including phenoxy) is 1. The van der Waals surface area contributed by atoms with E-state index in [2.05, 4.69) is 10.3 Å². The molecule has 29 heavy (non-hydrogen) atoms. The van der Waals surface area contributed by atoms with E-state index >= 15 is 0 Å². The van der Waals surface area contributed by atoms with E-state index in [1.54, 1.807) is 6.07 Å². The number of piperidine rings is 1. The molecule has 154 valence electrons. The molecule has 0 unspecified atom stereocenters. The van der Waals surface area contributed by atoms with Crippen molar-refractivity contribution in [3.8, 4) is 5.88 Å². The number of hydrogen-bond donors (Lipinski definition) is 1. The average molecular weight is 511 g/mol. The first-order valence-electron chi connectivity index (χ1n) is 9.43. The van der Waals surface area contributed by atoms with Gasteiger partial charge in [-0.1, -0.05) is 12.1 Å². The fraction of sp³-hybridized carbons (Fsp3) is 0.381. The molecule has 0 aliphatic carbocycles. The number of aromatic nitrogens is 1. The molecule has 6 nitrogen and oxygen atoms in total. The molecule has 2 heterocycles. The Balaban J connectivity index is 1.66. The summed E-state index contributed by atoms with van der Waals surface area (Å²) in [6.45, 7) is 2.70. The normalized spacial score (nSPS) is 14.6. The largest absolute Gasteiger partial charge is 0.480 e. The van der Waals surface area contributed by atoms with Gasteiger partial charge < -0.3 is 15.0 Å². The maximum absolute atomic E-state index is 13.1. The van der Waals surface area contributed by atoms with Crippen molar-refractivity contribution in [1.29, 1.82) is 0 Å². The number of hydrogen-bond acceptors (Lipinski definition) is 4. The molecule has 0 radical (unpaired) electrons. The summed E-state index contributed by atoms with van der Waals surface area (Å²) in [6.07, 6.45) is 2.66. The predicted octanol–water partition coefficient (Wildman–Crippen LogP) is 3.89. The number of likely N-dealkylation sites (tertiary alicyclic amines) is 1. The lowest BCUT2D eigenvalue weighted by molar-refractivity contribution is -0.114. The topological polar surface area (TPSA) is 71.5 Å². The van der Waals surface area contributed by atoms with Gasteiger partial charge in [-0.25, -0.2) is 4.39 Å². The number of halogens is 2. The molecule has 1 aliphatic rings. The van der Waals surface area contributed by atoms with Gasteiger partial charge in [0.15, 0.2) is 0 Å². The maximum Gasteiger partial charge on any atom is 0.259 e. The number of rotatable bonds is 5. The zero-order valence-corrected chi connectivity index (χ0v) is 18.5. The fourth-order valence-electron chi connectivity index (χ4n) is 3.50. The number of benzene rings is 1. The quantitative estimate of drug-likeness (QED) is 0.619. The zero-order chi connectivity index (χ0) is 21.0. The van der Waals surface area contributed by atoms with Gasteiger partial charge >= 0.3 is 0 Å². The van der Waals surface area contributed by atoms with Crippen LogP contribution in [0.25, 0.3) is 0 Å². The minimum atomic E-state index is -0.236. The Bertz CT molecular complexity index is 897. The second-order valence-electron chi connectivity index (χ2n) is 7.12. The predicted molar refractivity (Wildman–Crippen MR) is 117 cm³/mol. The third kappa shape index (κ3) is 5.43. The van der Waals surface area contributed by atoms with E-state index in [0.29, 0.717) is 34.0 Å². The third-order valence-electron chi connectivity index (χ3n) is 5.00. The van der Waals surface area contributed by atoms with E-state index in [9.17, 15) is 14.0 Å². The molecule has 1 aromatic heterocycles. The Hall–Kier alpha value is -2.23. The van der Waals surface area contributed by atoms with Crippen molar-refractivity contribution in [2.75, 3.05) is 25.5 Å². The van der Waals surface area contributed by atoms with Crippen molar-refractivity contribution >= 4 is 40.2 Å². The van der Waals surface area contributed by atoms with Crippen molar-refractivity contribution < 1.29 is 18.7 Å². The molecule has 1 N–H and O–H groups in total. The highest BCUT2D eigenvalue weighted by Crippen LogP contribution is 2.28. The van der Waals surface area contributed by atoms with Gasteiger partial charge in [0.1, 0.15) is 17.2 Å². The van der Waals surface area contributed by atoms with Gasteiger partial charge in [-0.2, -0.15) is 4.98 Å². The molecular weight excluding hydrogens is 488 g/mol. The van der Waals surface area contributed by atoms with Crippen LogP contribution in [-0.4, -0.2) is 41.9 Å². The lowest BCUT2D eigenvalue weighted by Gasteiger charge is -2.32. The van der Waals surface area contributed by atoms with Crippen molar-refractivity contribution in [1.82, 2.24) is 9.88 Å². The van der Waals surface area contributed by atoms with E-state index in [1.165, 1.54) is 26.2 Å². The summed E-state index contributed by atoms with van der Waals surface area (Å²) in [5.74, 6) is 0.460. The lowest BCUT2D eigenvalue weighted by atomic mass is 9.90. The molecule has 2 aromatic rings. The van der Waals surface area contributed by atoms with Crippen LogP contribution in [0, 0.1) is 15.3 Å². The fourth-order valence-corrected chi connectivity index (χ4v) is 4.07. The Morgan fingerprint density at radius 1 is 1.28 bits per heavy atom. The van der Waals surface area contributed by atoms with Crippen molar-refractivity contribution in [2.24, 2.45) is 5.92 Å². The molecule has 0 spiro atoms. The summed E-state index contributed by atoms with van der Waals surface area (Å²) >= 11 is 2.04. The summed E-state index contributed by atoms with van der Waals surface area (Å²) in [6, 6.07) is 8.31. The van der Waals surface area contributed by atoms with Crippen molar-refractivity contribution in [2.45, 2.75) is 26.2 Å². The molecule has 3 rings (SSSR count). The van der Waals surface area contributed by atoms with Crippen LogP contribution in [0.2, 0.25) is 0 Å². The number of pyridine rings is 1. The van der Waals surface area contributed by atoms with Crippen molar-refractivity contribution in [3.05, 3.63) is 50.8 Å². The zero-order valence-electron chi connectivity index (χ0n) is 16.4. The minimum Gasteiger partial charge on any atom is -0.480 e. The second kappa shape index (κ2) is 9.51. The minimum absolute atomic E-state index is 0.123. The van der Waals surface area contributed by atoms with Gasteiger partial charge in [0.25, 0.3) is 5.91 Å². The van der Waals surface area contributed by atoms with E-state index in [1.807, 2.05) is 39.6 Å². The number of anilines is 1. The first-order chi connectivity index (χ1) is 13.9. The van der Waals surface area contributed by atoms with Crippen LogP contribution < -0.4 is 10.1 Å². The number of methoxy groups -OCH3 is 1. The van der Waals surface area contributed by atoms with Crippen LogP contribution in [0.5, 0.6) is 5.88 Å². The number of nitrogens with one attached hydrogen (secondary N) is 1. The number of carbonyl (C=O) groups excluding carboxylic acids is 2. The average Bonchev–Trinajstić information content (AvgIpc) is 2.70. The molecule has 1 aromatic carbocycles. The van der Waals surface area contributed by atoms with Crippen LogP contribution in [0.1, 0.15) is 35.7 Å². The van der Waals surface area contributed by atoms with E-state index in [4.69, 9.17) is 4.74 Å². The summed E-state index contributed by atoms with van der Waals surface area (Å²) in [4.78, 5) is 30.5. The van der Waals surface area contributed by atoms with Crippen molar-refractivity contribution in [3.63, 3.8) is 0 Å². The molecule has 1 fully saturated rings. The molecule has 2 amide bonds. The first-order valence-corrected chi connectivity index (χ1v) is 10.5.